The number of hydrogen-bond acceptors (Lipinski definition) is 3. The van der Waals surface area contributed by atoms with Crippen LogP contribution in [0, 0.1) is 5.92 Å². The van der Waals surface area contributed by atoms with Crippen LogP contribution in [0.15, 0.2) is 49.2 Å². The van der Waals surface area contributed by atoms with Crippen LogP contribution >= 0.6 is 11.6 Å². The van der Waals surface area contributed by atoms with Crippen molar-refractivity contribution in [2.45, 2.75) is 19.8 Å². The van der Waals surface area contributed by atoms with E-state index in [-0.39, 0.29) is 5.91 Å². The minimum absolute atomic E-state index is 0.00670. The van der Waals surface area contributed by atoms with Crippen LogP contribution in [0.4, 0.5) is 0 Å². The van der Waals surface area contributed by atoms with Crippen LogP contribution in [-0.4, -0.2) is 35.5 Å². The van der Waals surface area contributed by atoms with Crippen molar-refractivity contribution in [3.8, 4) is 5.75 Å². The lowest BCUT2D eigenvalue weighted by Gasteiger charge is -2.31. The predicted octanol–water partition coefficient (Wildman–Crippen LogP) is 4.70. The first kappa shape index (κ1) is 18.5. The van der Waals surface area contributed by atoms with Gasteiger partial charge in [-0.25, -0.2) is 0 Å². The smallest absolute Gasteiger partial charge is 0.272 e. The number of hydrogen-bond donors (Lipinski definition) is 0. The third kappa shape index (κ3) is 4.44. The molecule has 1 aliphatic heterocycles. The molecule has 0 aliphatic carbocycles. The fourth-order valence-corrected chi connectivity index (χ4v) is 3.30. The minimum Gasteiger partial charge on any atom is -0.493 e. The summed E-state index contributed by atoms with van der Waals surface area (Å²) in [5.74, 6) is 1.25. The monoisotopic (exact) mass is 370 g/mol. The second-order valence-corrected chi connectivity index (χ2v) is 7.12. The summed E-state index contributed by atoms with van der Waals surface area (Å²) in [7, 11) is 0. The van der Waals surface area contributed by atoms with Crippen LogP contribution < -0.4 is 4.74 Å². The summed E-state index contributed by atoms with van der Waals surface area (Å²) in [4.78, 5) is 18.5. The Balaban J connectivity index is 1.54. The van der Waals surface area contributed by atoms with Gasteiger partial charge in [-0.2, -0.15) is 0 Å². The third-order valence-electron chi connectivity index (χ3n) is 4.66. The molecule has 0 bridgehead atoms. The van der Waals surface area contributed by atoms with Gasteiger partial charge in [-0.05, 0) is 61.6 Å². The van der Waals surface area contributed by atoms with Gasteiger partial charge in [0.05, 0.1) is 6.61 Å². The molecule has 0 atom stereocenters. The molecule has 0 N–H and O–H groups in total. The fourth-order valence-electron chi connectivity index (χ4n) is 3.12. The average Bonchev–Trinajstić information content (AvgIpc) is 2.67. The Morgan fingerprint density at radius 3 is 2.73 bits per heavy atom. The van der Waals surface area contributed by atoms with Crippen LogP contribution in [0.25, 0.3) is 5.57 Å². The molecule has 2 aromatic rings. The summed E-state index contributed by atoms with van der Waals surface area (Å²) in [5.41, 5.74) is 2.38. The highest BCUT2D eigenvalue weighted by molar-refractivity contribution is 6.30. The van der Waals surface area contributed by atoms with Gasteiger partial charge in [-0.1, -0.05) is 24.2 Å². The Bertz CT molecular complexity index is 784. The van der Waals surface area contributed by atoms with E-state index in [2.05, 4.69) is 11.6 Å². The van der Waals surface area contributed by atoms with Crippen molar-refractivity contribution < 1.29 is 9.53 Å². The molecule has 3 rings (SSSR count). The average molecular weight is 371 g/mol. The lowest BCUT2D eigenvalue weighted by atomic mass is 9.97. The van der Waals surface area contributed by atoms with Crippen LogP contribution in [0.3, 0.4) is 0 Å². The Kier molecular flexibility index (Phi) is 5.94. The van der Waals surface area contributed by atoms with Crippen LogP contribution in [0.2, 0.25) is 5.02 Å². The highest BCUT2D eigenvalue weighted by Gasteiger charge is 2.24. The zero-order valence-corrected chi connectivity index (χ0v) is 15.7. The predicted molar refractivity (Wildman–Crippen MR) is 105 cm³/mol. The van der Waals surface area contributed by atoms with Gasteiger partial charge in [-0.15, -0.1) is 0 Å². The number of piperidine rings is 1. The summed E-state index contributed by atoms with van der Waals surface area (Å²) >= 11 is 6.07. The van der Waals surface area contributed by atoms with Crippen LogP contribution in [0.5, 0.6) is 5.75 Å². The van der Waals surface area contributed by atoms with Gasteiger partial charge in [0.1, 0.15) is 11.4 Å². The van der Waals surface area contributed by atoms with Crippen molar-refractivity contribution in [1.82, 2.24) is 9.88 Å². The van der Waals surface area contributed by atoms with Gasteiger partial charge < -0.3 is 9.64 Å². The first-order chi connectivity index (χ1) is 12.5. The van der Waals surface area contributed by atoms with E-state index >= 15 is 0 Å². The number of likely N-dealkylation sites (tertiary alicyclic amines) is 1. The van der Waals surface area contributed by atoms with E-state index in [1.807, 2.05) is 42.2 Å². The summed E-state index contributed by atoms with van der Waals surface area (Å²) in [6.07, 6.45) is 3.50. The van der Waals surface area contributed by atoms with E-state index < -0.39 is 0 Å². The number of rotatable bonds is 5. The number of ether oxygens (including phenoxy) is 1. The highest BCUT2D eigenvalue weighted by atomic mass is 35.5. The maximum atomic E-state index is 12.4. The molecule has 5 heteroatoms. The molecule has 26 heavy (non-hydrogen) atoms. The van der Waals surface area contributed by atoms with E-state index in [4.69, 9.17) is 16.3 Å². The Morgan fingerprint density at radius 2 is 2.08 bits per heavy atom. The summed E-state index contributed by atoms with van der Waals surface area (Å²) in [6.45, 7) is 8.04. The second kappa shape index (κ2) is 8.37. The van der Waals surface area contributed by atoms with E-state index in [1.165, 1.54) is 0 Å². The van der Waals surface area contributed by atoms with Crippen molar-refractivity contribution >= 4 is 23.1 Å². The SMILES string of the molecule is C=C(C)c1cc(Cl)ccc1OCC1CCN(C(=O)c2ccccn2)CC1. The van der Waals surface area contributed by atoms with Crippen molar-refractivity contribution in [3.63, 3.8) is 0 Å². The molecular weight excluding hydrogens is 348 g/mol. The summed E-state index contributed by atoms with van der Waals surface area (Å²) in [5, 5.41) is 0.677. The maximum absolute atomic E-state index is 12.4. The van der Waals surface area contributed by atoms with Gasteiger partial charge in [0.15, 0.2) is 0 Å². The summed E-state index contributed by atoms with van der Waals surface area (Å²) < 4.78 is 6.04. The number of halogens is 1. The number of benzene rings is 1. The van der Waals surface area contributed by atoms with Gasteiger partial charge in [0, 0.05) is 29.9 Å². The molecule has 4 nitrogen and oxygen atoms in total. The zero-order chi connectivity index (χ0) is 18.5. The van der Waals surface area contributed by atoms with Gasteiger partial charge in [0.25, 0.3) is 5.91 Å². The number of allylic oxidation sites excluding steroid dienone is 1. The number of nitrogens with zero attached hydrogens (tertiary/aromatic N) is 2. The van der Waals surface area contributed by atoms with Crippen LogP contribution in [-0.2, 0) is 0 Å². The molecule has 2 heterocycles. The normalized spacial score (nSPS) is 14.9. The number of carbonyl (C=O) groups excluding carboxylic acids is 1. The molecule has 0 spiro atoms. The maximum Gasteiger partial charge on any atom is 0.272 e. The number of amides is 1. The Hall–Kier alpha value is -2.33. The standard InChI is InChI=1S/C21H23ClN2O2/c1-15(2)18-13-17(22)6-7-20(18)26-14-16-8-11-24(12-9-16)21(25)19-5-3-4-10-23-19/h3-7,10,13,16H,1,8-9,11-12,14H2,2H3. The quantitative estimate of drug-likeness (QED) is 0.766. The lowest BCUT2D eigenvalue weighted by molar-refractivity contribution is 0.0655. The topological polar surface area (TPSA) is 42.4 Å². The Labute approximate surface area is 159 Å². The van der Waals surface area contributed by atoms with E-state index in [0.717, 1.165) is 42.8 Å². The molecule has 1 amide bonds. The molecule has 1 saturated heterocycles. The fraction of sp³-hybridized carbons (Fsp3) is 0.333. The minimum atomic E-state index is 0.00670. The molecule has 1 aliphatic rings. The molecule has 0 radical (unpaired) electrons. The molecule has 1 aromatic carbocycles. The highest BCUT2D eigenvalue weighted by Crippen LogP contribution is 2.29. The van der Waals surface area contributed by atoms with Crippen molar-refractivity contribution in [1.29, 1.82) is 0 Å². The Morgan fingerprint density at radius 1 is 1.31 bits per heavy atom. The molecular formula is C21H23ClN2O2. The number of pyridine rings is 1. The lowest BCUT2D eigenvalue weighted by Crippen LogP contribution is -2.40. The molecule has 1 aromatic heterocycles. The van der Waals surface area contributed by atoms with Gasteiger partial charge in [-0.3, -0.25) is 9.78 Å². The van der Waals surface area contributed by atoms with Gasteiger partial charge >= 0.3 is 0 Å². The van der Waals surface area contributed by atoms with E-state index in [0.29, 0.717) is 23.2 Å². The summed E-state index contributed by atoms with van der Waals surface area (Å²) in [6, 6.07) is 11.0. The molecule has 0 saturated carbocycles. The van der Waals surface area contributed by atoms with Crippen molar-refractivity contribution in [2.24, 2.45) is 5.92 Å². The van der Waals surface area contributed by atoms with Crippen molar-refractivity contribution in [3.05, 3.63) is 65.5 Å². The second-order valence-electron chi connectivity index (χ2n) is 6.68. The number of aromatic nitrogens is 1. The van der Waals surface area contributed by atoms with Crippen LogP contribution in [0.1, 0.15) is 35.8 Å². The zero-order valence-electron chi connectivity index (χ0n) is 15.0. The molecule has 1 fully saturated rings. The third-order valence-corrected chi connectivity index (χ3v) is 4.90. The molecule has 0 unspecified atom stereocenters. The number of carbonyl (C=O) groups is 1. The molecule has 136 valence electrons. The first-order valence-corrected chi connectivity index (χ1v) is 9.21. The largest absolute Gasteiger partial charge is 0.493 e. The van der Waals surface area contributed by atoms with E-state index in [9.17, 15) is 4.79 Å². The van der Waals surface area contributed by atoms with Crippen molar-refractivity contribution in [2.75, 3.05) is 19.7 Å². The van der Waals surface area contributed by atoms with Gasteiger partial charge in [0.2, 0.25) is 0 Å². The first-order valence-electron chi connectivity index (χ1n) is 8.83. The van der Waals surface area contributed by atoms with E-state index in [1.54, 1.807) is 12.3 Å².